The Morgan fingerprint density at radius 2 is 1.92 bits per heavy atom. The average Bonchev–Trinajstić information content (AvgIpc) is 3.38. The normalized spacial score (nSPS) is 17.4. The van der Waals surface area contributed by atoms with Gasteiger partial charge in [-0.15, -0.1) is 0 Å². The number of carbonyl (C=O) groups is 2. The standard InChI is InChI=1S/C25H31Cl2N7O4/c1-28-24-29-12-15-13-33(22-20(26)17(37-4)11-18(38-5)21(22)27)25(36)34(23(15)30-24)16-8-10-32(14-16)19(35)7-6-9-31(2)3/h6-7,11-12,16H,8-10,13-14H2,1-5H3,(H,28,29,30)/b7-6+/t16-/m1/s1. The molecule has 1 saturated heterocycles. The van der Waals surface area contributed by atoms with Crippen LogP contribution in [-0.2, 0) is 11.3 Å². The molecule has 2 aliphatic heterocycles. The first-order valence-electron chi connectivity index (χ1n) is 12.0. The maximum absolute atomic E-state index is 14.2. The third-order valence-electron chi connectivity index (χ3n) is 6.45. The van der Waals surface area contributed by atoms with E-state index in [-0.39, 0.29) is 40.3 Å². The van der Waals surface area contributed by atoms with Gasteiger partial charge in [0.1, 0.15) is 27.4 Å². The fraction of sp³-hybridized carbons (Fsp3) is 0.440. The lowest BCUT2D eigenvalue weighted by molar-refractivity contribution is -0.125. The summed E-state index contributed by atoms with van der Waals surface area (Å²) in [5.41, 5.74) is 0.966. The topological polar surface area (TPSA) is 103 Å². The molecular weight excluding hydrogens is 533 g/mol. The van der Waals surface area contributed by atoms with Gasteiger partial charge in [-0.1, -0.05) is 29.3 Å². The molecule has 1 atom stereocenters. The molecule has 13 heteroatoms. The molecule has 0 aliphatic carbocycles. The van der Waals surface area contributed by atoms with Crippen LogP contribution in [0.3, 0.4) is 0 Å². The van der Waals surface area contributed by atoms with Gasteiger partial charge in [-0.25, -0.2) is 9.78 Å². The second-order valence-corrected chi connectivity index (χ2v) is 9.94. The number of urea groups is 1. The molecular formula is C25H31Cl2N7O4. The molecule has 1 aromatic heterocycles. The number of nitrogens with one attached hydrogen (secondary N) is 1. The minimum atomic E-state index is -0.375. The summed E-state index contributed by atoms with van der Waals surface area (Å²) in [7, 11) is 8.53. The molecule has 0 spiro atoms. The number of carbonyl (C=O) groups excluding carboxylic acids is 2. The molecule has 204 valence electrons. The van der Waals surface area contributed by atoms with Crippen molar-refractivity contribution in [3.8, 4) is 11.5 Å². The molecule has 2 aliphatic rings. The zero-order valence-corrected chi connectivity index (χ0v) is 23.5. The highest BCUT2D eigenvalue weighted by Crippen LogP contribution is 2.48. The number of methoxy groups -OCH3 is 2. The van der Waals surface area contributed by atoms with Crippen LogP contribution in [0.25, 0.3) is 0 Å². The highest BCUT2D eigenvalue weighted by atomic mass is 35.5. The number of aromatic nitrogens is 2. The van der Waals surface area contributed by atoms with Crippen LogP contribution in [0.2, 0.25) is 10.0 Å². The lowest BCUT2D eigenvalue weighted by Gasteiger charge is -2.39. The van der Waals surface area contributed by atoms with Gasteiger partial charge in [0.15, 0.2) is 0 Å². The Morgan fingerprint density at radius 3 is 2.53 bits per heavy atom. The summed E-state index contributed by atoms with van der Waals surface area (Å²) in [6, 6.07) is 0.876. The molecule has 3 heterocycles. The molecule has 0 unspecified atom stereocenters. The van der Waals surface area contributed by atoms with E-state index >= 15 is 0 Å². The van der Waals surface area contributed by atoms with Crippen molar-refractivity contribution < 1.29 is 19.1 Å². The van der Waals surface area contributed by atoms with E-state index in [1.807, 2.05) is 25.1 Å². The first kappa shape index (κ1) is 27.7. The number of halogens is 2. The van der Waals surface area contributed by atoms with Crippen LogP contribution in [-0.4, -0.2) is 92.7 Å². The van der Waals surface area contributed by atoms with Gasteiger partial charge in [0, 0.05) is 50.6 Å². The summed E-state index contributed by atoms with van der Waals surface area (Å²) in [4.78, 5) is 42.7. The van der Waals surface area contributed by atoms with Crippen LogP contribution in [0.4, 0.5) is 22.2 Å². The molecule has 4 rings (SSSR count). The van der Waals surface area contributed by atoms with Gasteiger partial charge in [-0.2, -0.15) is 4.98 Å². The molecule has 1 fully saturated rings. The lowest BCUT2D eigenvalue weighted by atomic mass is 10.1. The minimum Gasteiger partial charge on any atom is -0.495 e. The van der Waals surface area contributed by atoms with Crippen molar-refractivity contribution in [1.82, 2.24) is 19.8 Å². The van der Waals surface area contributed by atoms with E-state index in [4.69, 9.17) is 32.7 Å². The molecule has 3 amide bonds. The van der Waals surface area contributed by atoms with Gasteiger partial charge in [0.05, 0.1) is 32.5 Å². The van der Waals surface area contributed by atoms with E-state index in [2.05, 4.69) is 15.3 Å². The molecule has 11 nitrogen and oxygen atoms in total. The molecule has 1 N–H and O–H groups in total. The summed E-state index contributed by atoms with van der Waals surface area (Å²) >= 11 is 13.4. The quantitative estimate of drug-likeness (QED) is 0.486. The Bertz CT molecular complexity index is 1230. The summed E-state index contributed by atoms with van der Waals surface area (Å²) in [6.45, 7) is 1.65. The van der Waals surface area contributed by atoms with Gasteiger partial charge < -0.3 is 24.6 Å². The van der Waals surface area contributed by atoms with E-state index in [1.54, 1.807) is 35.2 Å². The number of likely N-dealkylation sites (tertiary alicyclic amines) is 1. The monoisotopic (exact) mass is 563 g/mol. The van der Waals surface area contributed by atoms with E-state index in [0.717, 1.165) is 0 Å². The van der Waals surface area contributed by atoms with Crippen molar-refractivity contribution in [3.63, 3.8) is 0 Å². The van der Waals surface area contributed by atoms with Crippen LogP contribution in [0.1, 0.15) is 12.0 Å². The van der Waals surface area contributed by atoms with E-state index in [0.29, 0.717) is 54.9 Å². The first-order valence-corrected chi connectivity index (χ1v) is 12.8. The highest BCUT2D eigenvalue weighted by Gasteiger charge is 2.42. The van der Waals surface area contributed by atoms with Crippen LogP contribution in [0.5, 0.6) is 11.5 Å². The zero-order valence-electron chi connectivity index (χ0n) is 22.0. The van der Waals surface area contributed by atoms with Gasteiger partial charge in [-0.05, 0) is 20.5 Å². The molecule has 0 bridgehead atoms. The number of amides is 3. The number of benzene rings is 1. The van der Waals surface area contributed by atoms with E-state index < -0.39 is 0 Å². The zero-order chi connectivity index (χ0) is 27.6. The molecule has 0 saturated carbocycles. The van der Waals surface area contributed by atoms with Crippen molar-refractivity contribution in [2.75, 3.05) is 70.1 Å². The smallest absolute Gasteiger partial charge is 0.330 e. The van der Waals surface area contributed by atoms with Crippen molar-refractivity contribution in [1.29, 1.82) is 0 Å². The second-order valence-electron chi connectivity index (χ2n) is 9.18. The van der Waals surface area contributed by atoms with Crippen LogP contribution < -0.4 is 24.6 Å². The van der Waals surface area contributed by atoms with Crippen molar-refractivity contribution >= 4 is 52.6 Å². The van der Waals surface area contributed by atoms with E-state index in [9.17, 15) is 9.59 Å². The Kier molecular flexibility index (Phi) is 8.49. The fourth-order valence-electron chi connectivity index (χ4n) is 4.53. The summed E-state index contributed by atoms with van der Waals surface area (Å²) in [5, 5.41) is 3.28. The maximum atomic E-state index is 14.2. The molecule has 38 heavy (non-hydrogen) atoms. The number of likely N-dealkylation sites (N-methyl/N-ethyl adjacent to an activating group) is 1. The van der Waals surface area contributed by atoms with Gasteiger partial charge in [0.25, 0.3) is 0 Å². The first-order chi connectivity index (χ1) is 18.2. The van der Waals surface area contributed by atoms with Crippen molar-refractivity contribution in [2.24, 2.45) is 0 Å². The Labute approximate surface area is 231 Å². The number of fused-ring (bicyclic) bond motifs is 1. The summed E-state index contributed by atoms with van der Waals surface area (Å²) in [6.07, 6.45) is 5.64. The van der Waals surface area contributed by atoms with Gasteiger partial charge >= 0.3 is 6.03 Å². The maximum Gasteiger partial charge on any atom is 0.330 e. The minimum absolute atomic E-state index is 0.0990. The Hall–Kier alpha value is -3.28. The largest absolute Gasteiger partial charge is 0.495 e. The lowest BCUT2D eigenvalue weighted by Crippen LogP contribution is -2.53. The number of hydrogen-bond donors (Lipinski definition) is 1. The Morgan fingerprint density at radius 1 is 1.24 bits per heavy atom. The number of anilines is 3. The molecule has 1 aromatic carbocycles. The van der Waals surface area contributed by atoms with Crippen molar-refractivity contribution in [3.05, 3.63) is 40.0 Å². The second kappa shape index (κ2) is 11.6. The average molecular weight is 564 g/mol. The Balaban J connectivity index is 1.73. The third-order valence-corrected chi connectivity index (χ3v) is 7.18. The highest BCUT2D eigenvalue weighted by molar-refractivity contribution is 6.42. The van der Waals surface area contributed by atoms with Crippen molar-refractivity contribution in [2.45, 2.75) is 19.0 Å². The molecule has 0 radical (unpaired) electrons. The number of hydrogen-bond acceptors (Lipinski definition) is 8. The van der Waals surface area contributed by atoms with Gasteiger partial charge in [0.2, 0.25) is 11.9 Å². The van der Waals surface area contributed by atoms with Gasteiger partial charge in [-0.3, -0.25) is 14.6 Å². The van der Waals surface area contributed by atoms with Crippen LogP contribution in [0.15, 0.2) is 24.4 Å². The fourth-order valence-corrected chi connectivity index (χ4v) is 5.24. The number of nitrogens with zero attached hydrogens (tertiary/aromatic N) is 6. The van der Waals surface area contributed by atoms with Crippen LogP contribution in [0, 0.1) is 0 Å². The predicted molar refractivity (Wildman–Crippen MR) is 148 cm³/mol. The third kappa shape index (κ3) is 5.31. The predicted octanol–water partition coefficient (Wildman–Crippen LogP) is 3.51. The number of ether oxygens (including phenoxy) is 2. The number of rotatable bonds is 8. The van der Waals surface area contributed by atoms with E-state index in [1.165, 1.54) is 19.1 Å². The summed E-state index contributed by atoms with van der Waals surface area (Å²) in [5.74, 6) is 1.40. The van der Waals surface area contributed by atoms with Crippen LogP contribution >= 0.6 is 23.2 Å². The molecule has 2 aromatic rings. The SMILES string of the molecule is CNc1ncc2c(n1)N([C@@H]1CCN(C(=O)/C=C/CN(C)C)C1)C(=O)N(c1c(Cl)c(OC)cc(OC)c1Cl)C2. The summed E-state index contributed by atoms with van der Waals surface area (Å²) < 4.78 is 10.8.